The third-order valence-corrected chi connectivity index (χ3v) is 6.02. The first kappa shape index (κ1) is 20.2. The fraction of sp³-hybridized carbons (Fsp3) is 0.200. The van der Waals surface area contributed by atoms with Gasteiger partial charge in [-0.15, -0.1) is 0 Å². The normalized spacial score (nSPS) is 16.8. The second kappa shape index (κ2) is 8.76. The maximum absolute atomic E-state index is 13.1. The number of carbonyl (C=O) groups is 1. The van der Waals surface area contributed by atoms with Crippen LogP contribution in [0.1, 0.15) is 24.5 Å². The van der Waals surface area contributed by atoms with Gasteiger partial charge in [-0.1, -0.05) is 55.0 Å². The fourth-order valence-electron chi connectivity index (χ4n) is 3.48. The van der Waals surface area contributed by atoms with E-state index in [4.69, 9.17) is 9.73 Å². The highest BCUT2D eigenvalue weighted by Crippen LogP contribution is 2.36. The first-order valence-electron chi connectivity index (χ1n) is 10.0. The van der Waals surface area contributed by atoms with Gasteiger partial charge in [0.05, 0.1) is 17.7 Å². The van der Waals surface area contributed by atoms with Crippen molar-refractivity contribution in [3.8, 4) is 5.75 Å². The van der Waals surface area contributed by atoms with Gasteiger partial charge in [0.2, 0.25) is 0 Å². The lowest BCUT2D eigenvalue weighted by atomic mass is 10.0. The molecule has 5 heteroatoms. The first-order valence-corrected chi connectivity index (χ1v) is 10.8. The van der Waals surface area contributed by atoms with Crippen LogP contribution < -0.4 is 4.74 Å². The average molecular weight is 417 g/mol. The summed E-state index contributed by atoms with van der Waals surface area (Å²) < 4.78 is 5.49. The van der Waals surface area contributed by atoms with Gasteiger partial charge in [0.1, 0.15) is 5.75 Å². The molecule has 3 aromatic carbocycles. The summed E-state index contributed by atoms with van der Waals surface area (Å²) in [6.45, 7) is 4.77. The summed E-state index contributed by atoms with van der Waals surface area (Å²) in [5.74, 6) is 0.833. The molecule has 0 saturated carbocycles. The van der Waals surface area contributed by atoms with Crippen LogP contribution in [-0.4, -0.2) is 29.6 Å². The summed E-state index contributed by atoms with van der Waals surface area (Å²) >= 11 is 1.44. The van der Waals surface area contributed by atoms with Crippen molar-refractivity contribution in [2.45, 2.75) is 20.3 Å². The van der Waals surface area contributed by atoms with Gasteiger partial charge in [0, 0.05) is 11.9 Å². The summed E-state index contributed by atoms with van der Waals surface area (Å²) in [6, 6.07) is 20.1. The molecular weight excluding hydrogens is 392 g/mol. The molecule has 1 fully saturated rings. The number of rotatable bonds is 5. The molecule has 1 amide bonds. The molecule has 0 atom stereocenters. The van der Waals surface area contributed by atoms with Crippen LogP contribution in [0.25, 0.3) is 16.8 Å². The summed E-state index contributed by atoms with van der Waals surface area (Å²) in [7, 11) is 1.67. The van der Waals surface area contributed by atoms with Gasteiger partial charge >= 0.3 is 0 Å². The highest BCUT2D eigenvalue weighted by molar-refractivity contribution is 8.18. The first-order chi connectivity index (χ1) is 14.6. The number of fused-ring (bicyclic) bond motifs is 1. The molecule has 3 aromatic rings. The number of hydrogen-bond acceptors (Lipinski definition) is 4. The van der Waals surface area contributed by atoms with Crippen LogP contribution in [0, 0.1) is 6.92 Å². The van der Waals surface area contributed by atoms with E-state index in [2.05, 4.69) is 13.0 Å². The highest BCUT2D eigenvalue weighted by atomic mass is 32.2. The minimum absolute atomic E-state index is 0.00705. The average Bonchev–Trinajstić information content (AvgIpc) is 3.05. The van der Waals surface area contributed by atoms with Gasteiger partial charge in [-0.2, -0.15) is 0 Å². The molecule has 1 saturated heterocycles. The number of amidine groups is 1. The number of aliphatic imine (C=N–C) groups is 1. The maximum atomic E-state index is 13.1. The number of benzene rings is 3. The molecule has 1 aliphatic heterocycles. The summed E-state index contributed by atoms with van der Waals surface area (Å²) in [6.07, 6.45) is 2.84. The molecule has 0 aromatic heterocycles. The minimum Gasteiger partial charge on any atom is -0.496 e. The quantitative estimate of drug-likeness (QED) is 0.467. The van der Waals surface area contributed by atoms with E-state index in [0.29, 0.717) is 11.4 Å². The smallest absolute Gasteiger partial charge is 0.266 e. The van der Waals surface area contributed by atoms with E-state index < -0.39 is 0 Å². The predicted molar refractivity (Wildman–Crippen MR) is 126 cm³/mol. The van der Waals surface area contributed by atoms with Gasteiger partial charge in [0.25, 0.3) is 5.91 Å². The van der Waals surface area contributed by atoms with Crippen molar-refractivity contribution in [1.82, 2.24) is 4.90 Å². The van der Waals surface area contributed by atoms with Crippen LogP contribution in [-0.2, 0) is 4.79 Å². The molecular formula is C25H24N2O2S. The van der Waals surface area contributed by atoms with Crippen molar-refractivity contribution >= 4 is 45.4 Å². The van der Waals surface area contributed by atoms with E-state index in [1.165, 1.54) is 17.3 Å². The van der Waals surface area contributed by atoms with Crippen molar-refractivity contribution in [1.29, 1.82) is 0 Å². The number of aryl methyl sites for hydroxylation is 1. The molecule has 0 radical (unpaired) electrons. The SMILES string of the molecule is CCCN1C(=O)/C(=C\c2ccc(OC)c3ccccc23)SC1=Nc1ccc(C)cc1. The Labute approximate surface area is 181 Å². The molecule has 0 bridgehead atoms. The number of nitrogens with zero attached hydrogens (tertiary/aromatic N) is 2. The van der Waals surface area contributed by atoms with Gasteiger partial charge in [0.15, 0.2) is 5.17 Å². The van der Waals surface area contributed by atoms with E-state index >= 15 is 0 Å². The van der Waals surface area contributed by atoms with Crippen molar-refractivity contribution in [3.63, 3.8) is 0 Å². The largest absolute Gasteiger partial charge is 0.496 e. The Hall–Kier alpha value is -3.05. The second-order valence-electron chi connectivity index (χ2n) is 7.20. The molecule has 0 unspecified atom stereocenters. The highest BCUT2D eigenvalue weighted by Gasteiger charge is 2.32. The Morgan fingerprint density at radius 3 is 2.47 bits per heavy atom. The van der Waals surface area contributed by atoms with Crippen molar-refractivity contribution in [2.75, 3.05) is 13.7 Å². The number of amides is 1. The lowest BCUT2D eigenvalue weighted by Gasteiger charge is -2.14. The molecule has 0 aliphatic carbocycles. The van der Waals surface area contributed by atoms with E-state index in [1.54, 1.807) is 12.0 Å². The fourth-order valence-corrected chi connectivity index (χ4v) is 4.50. The summed E-state index contributed by atoms with van der Waals surface area (Å²) in [5.41, 5.74) is 3.04. The van der Waals surface area contributed by atoms with E-state index in [9.17, 15) is 4.79 Å². The van der Waals surface area contributed by atoms with Crippen molar-refractivity contribution in [3.05, 3.63) is 76.7 Å². The van der Waals surface area contributed by atoms with Gasteiger partial charge in [-0.05, 0) is 60.3 Å². The monoisotopic (exact) mass is 416 g/mol. The third-order valence-electron chi connectivity index (χ3n) is 5.02. The molecule has 0 spiro atoms. The van der Waals surface area contributed by atoms with Crippen LogP contribution >= 0.6 is 11.8 Å². The zero-order chi connectivity index (χ0) is 21.1. The lowest BCUT2D eigenvalue weighted by molar-refractivity contribution is -0.122. The Balaban J connectivity index is 1.75. The summed E-state index contributed by atoms with van der Waals surface area (Å²) in [5, 5.41) is 2.82. The Bertz CT molecular complexity index is 1150. The molecule has 0 N–H and O–H groups in total. The van der Waals surface area contributed by atoms with E-state index in [0.717, 1.165) is 39.4 Å². The van der Waals surface area contributed by atoms with Gasteiger partial charge in [-0.3, -0.25) is 9.69 Å². The van der Waals surface area contributed by atoms with Crippen molar-refractivity contribution in [2.24, 2.45) is 4.99 Å². The number of hydrogen-bond donors (Lipinski definition) is 0. The predicted octanol–water partition coefficient (Wildman–Crippen LogP) is 6.17. The van der Waals surface area contributed by atoms with Gasteiger partial charge in [-0.25, -0.2) is 4.99 Å². The molecule has 1 heterocycles. The lowest BCUT2D eigenvalue weighted by Crippen LogP contribution is -2.29. The zero-order valence-electron chi connectivity index (χ0n) is 17.4. The van der Waals surface area contributed by atoms with E-state index in [-0.39, 0.29) is 5.91 Å². The molecule has 4 nitrogen and oxygen atoms in total. The maximum Gasteiger partial charge on any atom is 0.266 e. The minimum atomic E-state index is 0.00705. The molecule has 1 aliphatic rings. The van der Waals surface area contributed by atoms with E-state index in [1.807, 2.05) is 67.6 Å². The van der Waals surface area contributed by atoms with Crippen LogP contribution in [0.2, 0.25) is 0 Å². The zero-order valence-corrected chi connectivity index (χ0v) is 18.2. The van der Waals surface area contributed by atoms with Crippen LogP contribution in [0.5, 0.6) is 5.75 Å². The number of thioether (sulfide) groups is 1. The van der Waals surface area contributed by atoms with Crippen LogP contribution in [0.4, 0.5) is 5.69 Å². The Morgan fingerprint density at radius 1 is 1.03 bits per heavy atom. The Morgan fingerprint density at radius 2 is 1.77 bits per heavy atom. The molecule has 4 rings (SSSR count). The number of ether oxygens (including phenoxy) is 1. The van der Waals surface area contributed by atoms with Crippen LogP contribution in [0.3, 0.4) is 0 Å². The van der Waals surface area contributed by atoms with Gasteiger partial charge < -0.3 is 4.74 Å². The number of methoxy groups -OCH3 is 1. The summed E-state index contributed by atoms with van der Waals surface area (Å²) in [4.78, 5) is 20.4. The standard InChI is InChI=1S/C25H24N2O2S/c1-4-15-27-24(28)23(30-25(27)26-19-12-9-17(2)10-13-19)16-18-11-14-22(29-3)21-8-6-5-7-20(18)21/h5-14,16H,4,15H2,1-3H3/b23-16+,26-25?. The number of carbonyl (C=O) groups excluding carboxylic acids is 1. The Kier molecular flexibility index (Phi) is 5.91. The molecule has 152 valence electrons. The topological polar surface area (TPSA) is 41.9 Å². The second-order valence-corrected chi connectivity index (χ2v) is 8.21. The third kappa shape index (κ3) is 3.98. The van der Waals surface area contributed by atoms with Crippen LogP contribution in [0.15, 0.2) is 70.6 Å². The molecule has 30 heavy (non-hydrogen) atoms. The van der Waals surface area contributed by atoms with Crippen molar-refractivity contribution < 1.29 is 9.53 Å².